The number of carbonyl (C=O) groups excluding carboxylic acids is 1. The number of hydrogen-bond donors (Lipinski definition) is 1. The number of nitrogens with zero attached hydrogens (tertiary/aromatic N) is 1. The summed E-state index contributed by atoms with van der Waals surface area (Å²) in [5, 5.41) is 9.24. The van der Waals surface area contributed by atoms with Crippen molar-refractivity contribution in [3.8, 4) is 0 Å². The second-order valence-corrected chi connectivity index (χ2v) is 5.06. The SMILES string of the molecule is Cc1cc(C)c(CCN(C)C(=O)C(C)O)c(C)c1. The first kappa shape index (κ1) is 14.7. The van der Waals surface area contributed by atoms with Crippen LogP contribution in [0.25, 0.3) is 0 Å². The van der Waals surface area contributed by atoms with Gasteiger partial charge in [-0.15, -0.1) is 0 Å². The largest absolute Gasteiger partial charge is 0.384 e. The molecule has 3 nitrogen and oxygen atoms in total. The summed E-state index contributed by atoms with van der Waals surface area (Å²) in [4.78, 5) is 13.2. The Balaban J connectivity index is 2.73. The van der Waals surface area contributed by atoms with Crippen molar-refractivity contribution in [3.63, 3.8) is 0 Å². The lowest BCUT2D eigenvalue weighted by Crippen LogP contribution is -2.36. The summed E-state index contributed by atoms with van der Waals surface area (Å²) < 4.78 is 0. The van der Waals surface area contributed by atoms with Gasteiger partial charge >= 0.3 is 0 Å². The van der Waals surface area contributed by atoms with Crippen LogP contribution in [0.1, 0.15) is 29.2 Å². The molecule has 0 radical (unpaired) electrons. The van der Waals surface area contributed by atoms with Gasteiger partial charge in [-0.1, -0.05) is 17.7 Å². The summed E-state index contributed by atoms with van der Waals surface area (Å²) in [7, 11) is 1.73. The highest BCUT2D eigenvalue weighted by Gasteiger charge is 2.14. The van der Waals surface area contributed by atoms with Crippen LogP contribution < -0.4 is 0 Å². The molecule has 1 N–H and O–H groups in total. The molecule has 0 saturated carbocycles. The van der Waals surface area contributed by atoms with Gasteiger partial charge in [0.05, 0.1) is 0 Å². The average Bonchev–Trinajstić information content (AvgIpc) is 2.25. The third-order valence-electron chi connectivity index (χ3n) is 3.27. The lowest BCUT2D eigenvalue weighted by molar-refractivity contribution is -0.137. The summed E-state index contributed by atoms with van der Waals surface area (Å²) >= 11 is 0. The summed E-state index contributed by atoms with van der Waals surface area (Å²) in [6, 6.07) is 4.33. The van der Waals surface area contributed by atoms with E-state index in [0.717, 1.165) is 6.42 Å². The zero-order valence-electron chi connectivity index (χ0n) is 11.9. The molecular formula is C15H23NO2. The maximum Gasteiger partial charge on any atom is 0.250 e. The Morgan fingerprint density at radius 3 is 2.22 bits per heavy atom. The highest BCUT2D eigenvalue weighted by Crippen LogP contribution is 2.17. The van der Waals surface area contributed by atoms with E-state index >= 15 is 0 Å². The van der Waals surface area contributed by atoms with Crippen molar-refractivity contribution in [1.82, 2.24) is 4.90 Å². The van der Waals surface area contributed by atoms with E-state index in [9.17, 15) is 9.90 Å². The fourth-order valence-corrected chi connectivity index (χ4v) is 2.31. The van der Waals surface area contributed by atoms with Crippen molar-refractivity contribution in [2.45, 2.75) is 40.2 Å². The molecule has 0 bridgehead atoms. The predicted molar refractivity (Wildman–Crippen MR) is 73.7 cm³/mol. The molecule has 1 aromatic carbocycles. The molecule has 0 fully saturated rings. The minimum atomic E-state index is -0.921. The van der Waals surface area contributed by atoms with Crippen LogP contribution in [0.4, 0.5) is 0 Å². The Labute approximate surface area is 109 Å². The topological polar surface area (TPSA) is 40.5 Å². The molecule has 3 heteroatoms. The maximum atomic E-state index is 11.6. The van der Waals surface area contributed by atoms with Gasteiger partial charge in [0.25, 0.3) is 5.91 Å². The number of amides is 1. The van der Waals surface area contributed by atoms with Gasteiger partial charge in [0.2, 0.25) is 0 Å². The van der Waals surface area contributed by atoms with Gasteiger partial charge in [0.15, 0.2) is 0 Å². The van der Waals surface area contributed by atoms with E-state index in [1.54, 1.807) is 11.9 Å². The number of aliphatic hydroxyl groups excluding tert-OH is 1. The van der Waals surface area contributed by atoms with Crippen LogP contribution >= 0.6 is 0 Å². The quantitative estimate of drug-likeness (QED) is 0.886. The fraction of sp³-hybridized carbons (Fsp3) is 0.533. The number of likely N-dealkylation sites (N-methyl/N-ethyl adjacent to an activating group) is 1. The third-order valence-corrected chi connectivity index (χ3v) is 3.27. The minimum absolute atomic E-state index is 0.225. The highest BCUT2D eigenvalue weighted by molar-refractivity contribution is 5.79. The van der Waals surface area contributed by atoms with Crippen molar-refractivity contribution in [2.75, 3.05) is 13.6 Å². The summed E-state index contributed by atoms with van der Waals surface area (Å²) in [6.45, 7) is 8.43. The monoisotopic (exact) mass is 249 g/mol. The lowest BCUT2D eigenvalue weighted by Gasteiger charge is -2.20. The Bertz CT molecular complexity index is 415. The molecule has 1 rings (SSSR count). The summed E-state index contributed by atoms with van der Waals surface area (Å²) in [5.41, 5.74) is 5.10. The van der Waals surface area contributed by atoms with Crippen molar-refractivity contribution >= 4 is 5.91 Å². The number of aliphatic hydroxyl groups is 1. The molecule has 1 aromatic rings. The molecule has 0 aliphatic heterocycles. The van der Waals surface area contributed by atoms with Crippen molar-refractivity contribution < 1.29 is 9.90 Å². The van der Waals surface area contributed by atoms with Crippen LogP contribution in [-0.4, -0.2) is 35.6 Å². The molecule has 0 aliphatic carbocycles. The fourth-order valence-electron chi connectivity index (χ4n) is 2.31. The molecule has 0 spiro atoms. The average molecular weight is 249 g/mol. The van der Waals surface area contributed by atoms with Crippen molar-refractivity contribution in [2.24, 2.45) is 0 Å². The first-order chi connectivity index (χ1) is 8.32. The smallest absolute Gasteiger partial charge is 0.250 e. The van der Waals surface area contributed by atoms with Gasteiger partial charge < -0.3 is 10.0 Å². The molecular weight excluding hydrogens is 226 g/mol. The van der Waals surface area contributed by atoms with Crippen molar-refractivity contribution in [3.05, 3.63) is 34.4 Å². The molecule has 0 aliphatic rings. The molecule has 0 aromatic heterocycles. The molecule has 1 unspecified atom stereocenters. The Morgan fingerprint density at radius 1 is 1.28 bits per heavy atom. The van der Waals surface area contributed by atoms with E-state index < -0.39 is 6.10 Å². The molecule has 18 heavy (non-hydrogen) atoms. The van der Waals surface area contributed by atoms with E-state index in [2.05, 4.69) is 32.9 Å². The number of carbonyl (C=O) groups is 1. The van der Waals surface area contributed by atoms with Crippen LogP contribution in [0.5, 0.6) is 0 Å². The first-order valence-electron chi connectivity index (χ1n) is 6.32. The third kappa shape index (κ3) is 3.57. The highest BCUT2D eigenvalue weighted by atomic mass is 16.3. The Kier molecular flexibility index (Phi) is 4.91. The van der Waals surface area contributed by atoms with Crippen LogP contribution in [0.15, 0.2) is 12.1 Å². The zero-order chi connectivity index (χ0) is 13.9. The van der Waals surface area contributed by atoms with Crippen molar-refractivity contribution in [1.29, 1.82) is 0 Å². The second kappa shape index (κ2) is 6.01. The molecule has 1 atom stereocenters. The summed E-state index contributed by atoms with van der Waals surface area (Å²) in [5.74, 6) is -0.225. The lowest BCUT2D eigenvalue weighted by atomic mass is 9.97. The predicted octanol–water partition coefficient (Wildman–Crippen LogP) is 1.99. The minimum Gasteiger partial charge on any atom is -0.384 e. The molecule has 0 heterocycles. The Morgan fingerprint density at radius 2 is 1.78 bits per heavy atom. The normalized spacial score (nSPS) is 12.3. The van der Waals surface area contributed by atoms with Crippen LogP contribution in [-0.2, 0) is 11.2 Å². The zero-order valence-corrected chi connectivity index (χ0v) is 11.9. The van der Waals surface area contributed by atoms with Gasteiger partial charge in [0.1, 0.15) is 6.10 Å². The standard InChI is InChI=1S/C15H23NO2/c1-10-8-11(2)14(12(3)9-10)6-7-16(5)15(18)13(4)17/h8-9,13,17H,6-7H2,1-5H3. The van der Waals surface area contributed by atoms with Crippen LogP contribution in [0, 0.1) is 20.8 Å². The van der Waals surface area contributed by atoms with E-state index in [-0.39, 0.29) is 5.91 Å². The first-order valence-corrected chi connectivity index (χ1v) is 6.32. The van der Waals surface area contributed by atoms with Gasteiger partial charge in [-0.25, -0.2) is 0 Å². The van der Waals surface area contributed by atoms with Gasteiger partial charge in [-0.05, 0) is 50.8 Å². The van der Waals surface area contributed by atoms with Gasteiger partial charge in [0, 0.05) is 13.6 Å². The van der Waals surface area contributed by atoms with Gasteiger partial charge in [-0.3, -0.25) is 4.79 Å². The van der Waals surface area contributed by atoms with Crippen LogP contribution in [0.2, 0.25) is 0 Å². The second-order valence-electron chi connectivity index (χ2n) is 5.06. The maximum absolute atomic E-state index is 11.6. The molecule has 0 saturated heterocycles. The number of rotatable bonds is 4. The molecule has 1 amide bonds. The van der Waals surface area contributed by atoms with E-state index in [1.807, 2.05) is 0 Å². The molecule has 100 valence electrons. The number of aryl methyl sites for hydroxylation is 3. The van der Waals surface area contributed by atoms with Crippen LogP contribution in [0.3, 0.4) is 0 Å². The van der Waals surface area contributed by atoms with E-state index in [0.29, 0.717) is 6.54 Å². The van der Waals surface area contributed by atoms with E-state index in [4.69, 9.17) is 0 Å². The number of hydrogen-bond acceptors (Lipinski definition) is 2. The Hall–Kier alpha value is -1.35. The van der Waals surface area contributed by atoms with Gasteiger partial charge in [-0.2, -0.15) is 0 Å². The van der Waals surface area contributed by atoms with E-state index in [1.165, 1.54) is 29.2 Å². The summed E-state index contributed by atoms with van der Waals surface area (Å²) in [6.07, 6.45) is -0.0948. The number of benzene rings is 1.